The van der Waals surface area contributed by atoms with E-state index in [4.69, 9.17) is 0 Å². The Kier molecular flexibility index (Phi) is 2.55. The van der Waals surface area contributed by atoms with Crippen molar-refractivity contribution in [2.75, 3.05) is 14.1 Å². The van der Waals surface area contributed by atoms with Crippen LogP contribution in [0, 0.1) is 6.92 Å². The van der Waals surface area contributed by atoms with E-state index >= 15 is 0 Å². The maximum absolute atomic E-state index is 4.67. The minimum Gasteiger partial charge on any atom is -0.301 e. The van der Waals surface area contributed by atoms with Gasteiger partial charge in [0.1, 0.15) is 0 Å². The lowest BCUT2D eigenvalue weighted by Crippen LogP contribution is -2.25. The van der Waals surface area contributed by atoms with Gasteiger partial charge in [-0.05, 0) is 51.9 Å². The summed E-state index contributed by atoms with van der Waals surface area (Å²) in [6, 6.07) is 4.89. The quantitative estimate of drug-likeness (QED) is 0.675. The Labute approximate surface area is 86.0 Å². The SMILES string of the molecule is Cc1ccc2c(n1)C(N(C)C)CCC2. The molecule has 1 aromatic rings. The summed E-state index contributed by atoms with van der Waals surface area (Å²) in [4.78, 5) is 6.96. The van der Waals surface area contributed by atoms with Crippen LogP contribution in [0.3, 0.4) is 0 Å². The van der Waals surface area contributed by atoms with Crippen molar-refractivity contribution in [1.29, 1.82) is 0 Å². The van der Waals surface area contributed by atoms with E-state index in [1.54, 1.807) is 0 Å². The van der Waals surface area contributed by atoms with Crippen LogP contribution in [0.4, 0.5) is 0 Å². The molecule has 1 aromatic heterocycles. The Hall–Kier alpha value is -0.890. The molecule has 1 unspecified atom stereocenters. The largest absolute Gasteiger partial charge is 0.301 e. The van der Waals surface area contributed by atoms with Crippen LogP contribution in [0.15, 0.2) is 12.1 Å². The summed E-state index contributed by atoms with van der Waals surface area (Å²) in [6.45, 7) is 2.07. The molecule has 2 heteroatoms. The van der Waals surface area contributed by atoms with Crippen molar-refractivity contribution in [2.24, 2.45) is 0 Å². The number of nitrogens with zero attached hydrogens (tertiary/aromatic N) is 2. The fraction of sp³-hybridized carbons (Fsp3) is 0.583. The summed E-state index contributed by atoms with van der Waals surface area (Å²) < 4.78 is 0. The van der Waals surface area contributed by atoms with Crippen molar-refractivity contribution >= 4 is 0 Å². The van der Waals surface area contributed by atoms with Crippen molar-refractivity contribution in [3.63, 3.8) is 0 Å². The number of pyridine rings is 1. The summed E-state index contributed by atoms with van der Waals surface area (Å²) in [5, 5.41) is 0. The highest BCUT2D eigenvalue weighted by Crippen LogP contribution is 2.31. The number of aryl methyl sites for hydroxylation is 2. The molecule has 1 aliphatic carbocycles. The maximum Gasteiger partial charge on any atom is 0.0610 e. The fourth-order valence-corrected chi connectivity index (χ4v) is 2.23. The monoisotopic (exact) mass is 190 g/mol. The normalized spacial score (nSPS) is 21.0. The van der Waals surface area contributed by atoms with Crippen LogP contribution in [0.5, 0.6) is 0 Å². The first kappa shape index (κ1) is 9.66. The Balaban J connectivity index is 2.41. The molecule has 0 spiro atoms. The van der Waals surface area contributed by atoms with Crippen molar-refractivity contribution in [1.82, 2.24) is 9.88 Å². The molecule has 1 heterocycles. The maximum atomic E-state index is 4.67. The zero-order chi connectivity index (χ0) is 10.1. The van der Waals surface area contributed by atoms with Crippen molar-refractivity contribution < 1.29 is 0 Å². The van der Waals surface area contributed by atoms with E-state index in [0.29, 0.717) is 6.04 Å². The van der Waals surface area contributed by atoms with Gasteiger partial charge in [0.2, 0.25) is 0 Å². The Bertz CT molecular complexity index is 331. The summed E-state index contributed by atoms with van der Waals surface area (Å²) in [7, 11) is 4.29. The molecule has 0 radical (unpaired) electrons. The van der Waals surface area contributed by atoms with Gasteiger partial charge in [-0.1, -0.05) is 6.07 Å². The van der Waals surface area contributed by atoms with Crippen LogP contribution in [-0.2, 0) is 6.42 Å². The molecule has 1 atom stereocenters. The van der Waals surface area contributed by atoms with E-state index in [9.17, 15) is 0 Å². The highest BCUT2D eigenvalue weighted by molar-refractivity contribution is 5.27. The molecule has 1 aliphatic rings. The Morgan fingerprint density at radius 3 is 2.86 bits per heavy atom. The van der Waals surface area contributed by atoms with Crippen LogP contribution in [0.2, 0.25) is 0 Å². The summed E-state index contributed by atoms with van der Waals surface area (Å²) in [6.07, 6.45) is 3.74. The molecule has 0 N–H and O–H groups in total. The van der Waals surface area contributed by atoms with Crippen molar-refractivity contribution in [3.05, 3.63) is 29.1 Å². The second-order valence-corrected chi connectivity index (χ2v) is 4.37. The van der Waals surface area contributed by atoms with E-state index in [1.165, 1.54) is 30.5 Å². The molecule has 0 saturated heterocycles. The van der Waals surface area contributed by atoms with Gasteiger partial charge in [0, 0.05) is 5.69 Å². The van der Waals surface area contributed by atoms with Gasteiger partial charge in [0.25, 0.3) is 0 Å². The summed E-state index contributed by atoms with van der Waals surface area (Å²) >= 11 is 0. The smallest absolute Gasteiger partial charge is 0.0610 e. The zero-order valence-corrected chi connectivity index (χ0v) is 9.25. The molecule has 14 heavy (non-hydrogen) atoms. The van der Waals surface area contributed by atoms with Gasteiger partial charge in [-0.15, -0.1) is 0 Å². The van der Waals surface area contributed by atoms with Crippen LogP contribution in [-0.4, -0.2) is 24.0 Å². The number of rotatable bonds is 1. The first-order valence-electron chi connectivity index (χ1n) is 5.31. The second-order valence-electron chi connectivity index (χ2n) is 4.37. The highest BCUT2D eigenvalue weighted by atomic mass is 15.1. The van der Waals surface area contributed by atoms with Gasteiger partial charge in [0.15, 0.2) is 0 Å². The predicted molar refractivity (Wildman–Crippen MR) is 58.3 cm³/mol. The van der Waals surface area contributed by atoms with Crippen LogP contribution in [0.1, 0.15) is 35.8 Å². The van der Waals surface area contributed by atoms with Crippen LogP contribution in [0.25, 0.3) is 0 Å². The van der Waals surface area contributed by atoms with Gasteiger partial charge in [-0.2, -0.15) is 0 Å². The molecular weight excluding hydrogens is 172 g/mol. The third-order valence-corrected chi connectivity index (χ3v) is 3.01. The Morgan fingerprint density at radius 2 is 2.14 bits per heavy atom. The van der Waals surface area contributed by atoms with Gasteiger partial charge < -0.3 is 4.90 Å². The lowest BCUT2D eigenvalue weighted by atomic mass is 9.91. The van der Waals surface area contributed by atoms with E-state index in [0.717, 1.165) is 5.69 Å². The topological polar surface area (TPSA) is 16.1 Å². The van der Waals surface area contributed by atoms with E-state index in [1.807, 2.05) is 0 Å². The lowest BCUT2D eigenvalue weighted by molar-refractivity contribution is 0.262. The van der Waals surface area contributed by atoms with Gasteiger partial charge in [0.05, 0.1) is 11.7 Å². The van der Waals surface area contributed by atoms with Crippen molar-refractivity contribution in [2.45, 2.75) is 32.2 Å². The van der Waals surface area contributed by atoms with E-state index in [-0.39, 0.29) is 0 Å². The molecule has 2 nitrogen and oxygen atoms in total. The average molecular weight is 190 g/mol. The Morgan fingerprint density at radius 1 is 1.36 bits per heavy atom. The molecular formula is C12H18N2. The highest BCUT2D eigenvalue weighted by Gasteiger charge is 2.22. The minimum atomic E-state index is 0.527. The molecule has 76 valence electrons. The summed E-state index contributed by atoms with van der Waals surface area (Å²) in [5.41, 5.74) is 3.89. The molecule has 0 aliphatic heterocycles. The van der Waals surface area contributed by atoms with Gasteiger partial charge in [-0.25, -0.2) is 0 Å². The molecule has 0 bridgehead atoms. The summed E-state index contributed by atoms with van der Waals surface area (Å²) in [5.74, 6) is 0. The number of hydrogen-bond acceptors (Lipinski definition) is 2. The van der Waals surface area contributed by atoms with E-state index in [2.05, 4.69) is 43.0 Å². The molecule has 2 rings (SSSR count). The van der Waals surface area contributed by atoms with Crippen LogP contribution < -0.4 is 0 Å². The zero-order valence-electron chi connectivity index (χ0n) is 9.25. The number of fused-ring (bicyclic) bond motifs is 1. The standard InChI is InChI=1S/C12H18N2/c1-9-7-8-10-5-4-6-11(14(2)3)12(10)13-9/h7-8,11H,4-6H2,1-3H3. The molecule has 0 fully saturated rings. The van der Waals surface area contributed by atoms with Gasteiger partial charge >= 0.3 is 0 Å². The van der Waals surface area contributed by atoms with E-state index < -0.39 is 0 Å². The average Bonchev–Trinajstić information content (AvgIpc) is 2.16. The molecule has 0 saturated carbocycles. The first-order valence-corrected chi connectivity index (χ1v) is 5.31. The number of aromatic nitrogens is 1. The minimum absolute atomic E-state index is 0.527. The molecule has 0 amide bonds. The number of hydrogen-bond donors (Lipinski definition) is 0. The third kappa shape index (κ3) is 1.67. The first-order chi connectivity index (χ1) is 6.68. The van der Waals surface area contributed by atoms with Gasteiger partial charge in [-0.3, -0.25) is 4.98 Å². The fourth-order valence-electron chi connectivity index (χ4n) is 2.23. The molecule has 0 aromatic carbocycles. The predicted octanol–water partition coefficient (Wildman–Crippen LogP) is 2.33. The third-order valence-electron chi connectivity index (χ3n) is 3.01. The lowest BCUT2D eigenvalue weighted by Gasteiger charge is -2.29. The van der Waals surface area contributed by atoms with Crippen LogP contribution >= 0.6 is 0 Å². The second kappa shape index (κ2) is 3.70. The van der Waals surface area contributed by atoms with Crippen molar-refractivity contribution in [3.8, 4) is 0 Å².